The third-order valence-corrected chi connectivity index (χ3v) is 5.87. The molecule has 0 amide bonds. The number of aromatic nitrogens is 4. The first-order chi connectivity index (χ1) is 16.4. The molecular formula is C18H21N6O10P. The summed E-state index contributed by atoms with van der Waals surface area (Å²) in [6.07, 6.45) is -4.25. The minimum atomic E-state index is -5.08. The van der Waals surface area contributed by atoms with Crippen molar-refractivity contribution in [2.75, 3.05) is 11.9 Å². The third kappa shape index (κ3) is 5.23. The van der Waals surface area contributed by atoms with Crippen molar-refractivity contribution < 1.29 is 43.3 Å². The molecule has 4 rings (SSSR count). The summed E-state index contributed by atoms with van der Waals surface area (Å²) in [7, 11) is -3.53. The van der Waals surface area contributed by atoms with Gasteiger partial charge in [-0.2, -0.15) is 0 Å². The van der Waals surface area contributed by atoms with Crippen molar-refractivity contribution in [1.82, 2.24) is 14.5 Å². The van der Waals surface area contributed by atoms with Crippen LogP contribution in [0.1, 0.15) is 11.8 Å². The van der Waals surface area contributed by atoms with Crippen LogP contribution in [-0.4, -0.2) is 59.5 Å². The van der Waals surface area contributed by atoms with Gasteiger partial charge in [0.15, 0.2) is 6.33 Å². The van der Waals surface area contributed by atoms with Crippen LogP contribution in [0.15, 0.2) is 35.4 Å². The molecule has 5 atom stereocenters. The van der Waals surface area contributed by atoms with Gasteiger partial charge in [0, 0.05) is 18.7 Å². The number of hydrogen-bond acceptors (Lipinski definition) is 11. The van der Waals surface area contributed by atoms with Crippen molar-refractivity contribution in [1.29, 1.82) is 0 Å². The van der Waals surface area contributed by atoms with Crippen molar-refractivity contribution in [2.45, 2.75) is 31.1 Å². The third-order valence-electron chi connectivity index (χ3n) is 5.39. The molecule has 1 fully saturated rings. The molecule has 35 heavy (non-hydrogen) atoms. The Bertz CT molecular complexity index is 1350. The molecule has 16 nitrogen and oxygen atoms in total. The molecule has 0 radical (unpaired) electrons. The first kappa shape index (κ1) is 24.9. The summed E-state index contributed by atoms with van der Waals surface area (Å²) in [5.74, 6) is 0.0568. The topological polar surface area (TPSA) is 229 Å². The summed E-state index contributed by atoms with van der Waals surface area (Å²) < 4.78 is 23.4. The Balaban J connectivity index is 1.59. The molecule has 5 N–H and O–H groups in total. The number of non-ortho nitro benzene ring substituents is 1. The van der Waals surface area contributed by atoms with E-state index in [0.717, 1.165) is 0 Å². The molecule has 188 valence electrons. The number of anilines is 1. The molecule has 1 aromatic carbocycles. The number of phosphoric acid groups is 1. The molecule has 0 aliphatic carbocycles. The number of fused-ring (bicyclic) bond motifs is 1. The van der Waals surface area contributed by atoms with E-state index in [1.165, 1.54) is 27.6 Å². The van der Waals surface area contributed by atoms with Crippen LogP contribution < -0.4 is 20.3 Å². The number of phosphoric ester groups is 1. The molecule has 0 bridgehead atoms. The predicted octanol–water partition coefficient (Wildman–Crippen LogP) is -1.83. The minimum absolute atomic E-state index is 0.0568. The fourth-order valence-electron chi connectivity index (χ4n) is 3.71. The second kappa shape index (κ2) is 9.43. The highest BCUT2D eigenvalue weighted by Gasteiger charge is 2.47. The number of hydrogen-bond donors (Lipinski definition) is 5. The Morgan fingerprint density at radius 3 is 2.66 bits per heavy atom. The zero-order valence-electron chi connectivity index (χ0n) is 18.0. The van der Waals surface area contributed by atoms with Crippen LogP contribution in [0, 0.1) is 10.1 Å². The van der Waals surface area contributed by atoms with E-state index in [2.05, 4.69) is 19.8 Å². The van der Waals surface area contributed by atoms with E-state index in [0.29, 0.717) is 5.56 Å². The first-order valence-corrected chi connectivity index (χ1v) is 11.6. The number of nitro benzene ring substituents is 1. The van der Waals surface area contributed by atoms with Gasteiger partial charge in [-0.15, -0.1) is 0 Å². The van der Waals surface area contributed by atoms with E-state index < -0.39 is 49.5 Å². The molecule has 3 aromatic rings. The molecule has 1 saturated heterocycles. The maximum atomic E-state index is 12.7. The Hall–Kier alpha value is -3.24. The Morgan fingerprint density at radius 2 is 2.03 bits per heavy atom. The Kier molecular flexibility index (Phi) is 6.70. The molecule has 1 unspecified atom stereocenters. The summed E-state index contributed by atoms with van der Waals surface area (Å²) in [4.78, 5) is 49.5. The van der Waals surface area contributed by atoms with Crippen LogP contribution in [0.25, 0.3) is 11.2 Å². The fourth-order valence-corrected chi connectivity index (χ4v) is 4.04. The van der Waals surface area contributed by atoms with Gasteiger partial charge in [0.05, 0.1) is 18.6 Å². The van der Waals surface area contributed by atoms with Crippen LogP contribution in [-0.2, 0) is 27.4 Å². The normalized spacial score (nSPS) is 23.9. The standard InChI is InChI=1S/C18H21N6O10P/c1-22-8-23(17-14(26)13(25)11(34-17)7-33-35(30,31)32)15-12(22)16(27)21-18(20-15)19-6-9-2-4-10(5-3-9)24(28)29/h2-5,8,11,13-14,17,25-26H,6-7H2,1H3,(H3-,19,20,21,27,30,31,32)/t11-,13-,14-,17-/m1/s1. The summed E-state index contributed by atoms with van der Waals surface area (Å²) in [5.41, 5.74) is 0.291. The number of nitrogens with one attached hydrogen (secondary N) is 2. The molecule has 0 saturated carbocycles. The molecule has 1 aliphatic heterocycles. The SMILES string of the molecule is Cn1c[n+]([C@@H]2O[C@H](COP(=O)([O-])O)[C@@H](O)[C@H]2O)c2nc(NCc3ccc([N+](=O)[O-])cc3)[nH]c(=O)c21. The van der Waals surface area contributed by atoms with Crippen molar-refractivity contribution in [3.05, 3.63) is 56.6 Å². The average Bonchev–Trinajstić information content (AvgIpc) is 3.27. The van der Waals surface area contributed by atoms with Crippen LogP contribution >= 0.6 is 7.82 Å². The van der Waals surface area contributed by atoms with Gasteiger partial charge in [-0.05, 0) is 5.56 Å². The van der Waals surface area contributed by atoms with Crippen LogP contribution in [0.2, 0.25) is 0 Å². The number of aliphatic hydroxyl groups is 2. The highest BCUT2D eigenvalue weighted by atomic mass is 31.2. The van der Waals surface area contributed by atoms with E-state index >= 15 is 0 Å². The zero-order valence-corrected chi connectivity index (χ0v) is 18.9. The highest BCUT2D eigenvalue weighted by molar-refractivity contribution is 7.44. The van der Waals surface area contributed by atoms with Crippen molar-refractivity contribution >= 4 is 30.6 Å². The zero-order chi connectivity index (χ0) is 25.5. The quantitative estimate of drug-likeness (QED) is 0.0971. The van der Waals surface area contributed by atoms with Gasteiger partial charge in [0.2, 0.25) is 11.7 Å². The largest absolute Gasteiger partial charge is 0.756 e. The number of aliphatic hydroxyl groups excluding tert-OH is 2. The predicted molar refractivity (Wildman–Crippen MR) is 114 cm³/mol. The number of aromatic amines is 1. The smallest absolute Gasteiger partial charge is 0.313 e. The molecule has 1 aliphatic rings. The van der Waals surface area contributed by atoms with E-state index in [4.69, 9.17) is 9.63 Å². The lowest BCUT2D eigenvalue weighted by Gasteiger charge is -2.19. The summed E-state index contributed by atoms with van der Waals surface area (Å²) >= 11 is 0. The summed E-state index contributed by atoms with van der Waals surface area (Å²) in [6.45, 7) is -0.566. The van der Waals surface area contributed by atoms with Gasteiger partial charge in [-0.1, -0.05) is 17.1 Å². The lowest BCUT2D eigenvalue weighted by atomic mass is 10.1. The van der Waals surface area contributed by atoms with Gasteiger partial charge in [-0.25, -0.2) is 4.57 Å². The maximum absolute atomic E-state index is 12.7. The second-order valence-electron chi connectivity index (χ2n) is 7.81. The van der Waals surface area contributed by atoms with E-state index in [1.54, 1.807) is 19.2 Å². The summed E-state index contributed by atoms with van der Waals surface area (Å²) in [5, 5.41) is 34.4. The first-order valence-electron chi connectivity index (χ1n) is 10.1. The van der Waals surface area contributed by atoms with Gasteiger partial charge >= 0.3 is 5.65 Å². The number of aryl methyl sites for hydroxylation is 1. The number of nitrogens with zero attached hydrogens (tertiary/aromatic N) is 4. The van der Waals surface area contributed by atoms with Gasteiger partial charge in [0.1, 0.15) is 18.3 Å². The highest BCUT2D eigenvalue weighted by Crippen LogP contribution is 2.34. The van der Waals surface area contributed by atoms with Gasteiger partial charge in [-0.3, -0.25) is 29.0 Å². The van der Waals surface area contributed by atoms with Crippen LogP contribution in [0.5, 0.6) is 0 Å². The van der Waals surface area contributed by atoms with Crippen molar-refractivity contribution in [3.8, 4) is 0 Å². The number of ether oxygens (including phenoxy) is 1. The Labute approximate surface area is 195 Å². The van der Waals surface area contributed by atoms with Crippen LogP contribution in [0.3, 0.4) is 0 Å². The molecule has 3 heterocycles. The van der Waals surface area contributed by atoms with Crippen molar-refractivity contribution in [3.63, 3.8) is 0 Å². The molecule has 2 aromatic heterocycles. The monoisotopic (exact) mass is 512 g/mol. The Morgan fingerprint density at radius 1 is 1.34 bits per heavy atom. The summed E-state index contributed by atoms with van der Waals surface area (Å²) in [6, 6.07) is 5.77. The number of H-pyrrole nitrogens is 1. The van der Waals surface area contributed by atoms with E-state index in [-0.39, 0.29) is 29.3 Å². The molecule has 17 heteroatoms. The lowest BCUT2D eigenvalue weighted by Crippen LogP contribution is -2.46. The number of benzene rings is 1. The van der Waals surface area contributed by atoms with Gasteiger partial charge in [0.25, 0.3) is 25.0 Å². The second-order valence-corrected chi connectivity index (χ2v) is 9.00. The number of nitro groups is 1. The fraction of sp³-hybridized carbons (Fsp3) is 0.389. The van der Waals surface area contributed by atoms with Crippen LogP contribution in [0.4, 0.5) is 11.6 Å². The number of rotatable bonds is 8. The minimum Gasteiger partial charge on any atom is -0.756 e. The number of imidazole rings is 1. The van der Waals surface area contributed by atoms with Crippen molar-refractivity contribution in [2.24, 2.45) is 7.05 Å². The van der Waals surface area contributed by atoms with E-state index in [1.807, 2.05) is 0 Å². The average molecular weight is 512 g/mol. The maximum Gasteiger partial charge on any atom is 0.313 e. The lowest BCUT2D eigenvalue weighted by molar-refractivity contribution is -0.745. The molecule has 0 spiro atoms. The molecular weight excluding hydrogens is 491 g/mol. The van der Waals surface area contributed by atoms with E-state index in [9.17, 15) is 34.6 Å². The van der Waals surface area contributed by atoms with Gasteiger partial charge < -0.3 is 34.6 Å².